The summed E-state index contributed by atoms with van der Waals surface area (Å²) in [5.74, 6) is -1.81. The molecule has 0 radical (unpaired) electrons. The number of carbonyl (C=O) groups excluding carboxylic acids is 1. The number of amides is 1. The van der Waals surface area contributed by atoms with Gasteiger partial charge in [-0.25, -0.2) is 13.8 Å². The summed E-state index contributed by atoms with van der Waals surface area (Å²) in [6.45, 7) is 1.15. The Balaban J connectivity index is 1.65. The van der Waals surface area contributed by atoms with Crippen LogP contribution in [0.1, 0.15) is 24.0 Å². The Kier molecular flexibility index (Phi) is 8.34. The van der Waals surface area contributed by atoms with Crippen molar-refractivity contribution in [2.45, 2.75) is 24.4 Å². The summed E-state index contributed by atoms with van der Waals surface area (Å²) in [4.78, 5) is 23.5. The monoisotopic (exact) mass is 549 g/mol. The molecule has 1 amide bonds. The second-order valence-corrected chi connectivity index (χ2v) is 9.21. The van der Waals surface area contributed by atoms with E-state index in [0.717, 1.165) is 12.1 Å². The number of hydrogen-bond acceptors (Lipinski definition) is 6. The summed E-state index contributed by atoms with van der Waals surface area (Å²) in [7, 11) is 3.15. The second-order valence-electron chi connectivity index (χ2n) is 9.21. The first-order chi connectivity index (χ1) is 18.6. The minimum atomic E-state index is -4.66. The number of likely N-dealkylation sites (N-methyl/N-ethyl adjacent to an activating group) is 1. The van der Waals surface area contributed by atoms with Crippen LogP contribution < -0.4 is 20.3 Å². The van der Waals surface area contributed by atoms with Crippen LogP contribution in [-0.2, 0) is 16.4 Å². The molecule has 4 rings (SSSR count). The average molecular weight is 550 g/mol. The topological polar surface area (TPSA) is 79.4 Å². The van der Waals surface area contributed by atoms with E-state index in [0.29, 0.717) is 30.3 Å². The van der Waals surface area contributed by atoms with E-state index in [1.807, 2.05) is 0 Å². The summed E-state index contributed by atoms with van der Waals surface area (Å²) in [6.07, 6.45) is -1.39. The van der Waals surface area contributed by atoms with Crippen molar-refractivity contribution in [1.29, 1.82) is 0 Å². The highest BCUT2D eigenvalue weighted by Gasteiger charge is 2.44. The lowest BCUT2D eigenvalue weighted by molar-refractivity contribution is -0.137. The maximum absolute atomic E-state index is 15.4. The Morgan fingerprint density at radius 1 is 1.08 bits per heavy atom. The molecule has 0 unspecified atom stereocenters. The minimum absolute atomic E-state index is 0.00974. The van der Waals surface area contributed by atoms with E-state index in [4.69, 9.17) is 4.74 Å². The number of rotatable bonds is 8. The lowest BCUT2D eigenvalue weighted by Crippen LogP contribution is -2.52. The maximum Gasteiger partial charge on any atom is 0.416 e. The number of ether oxygens (including phenoxy) is 1. The number of halogens is 5. The van der Waals surface area contributed by atoms with Crippen LogP contribution in [0.3, 0.4) is 0 Å². The predicted molar refractivity (Wildman–Crippen MR) is 135 cm³/mol. The number of methoxy groups -OCH3 is 1. The van der Waals surface area contributed by atoms with Crippen LogP contribution in [0.4, 0.5) is 27.6 Å². The summed E-state index contributed by atoms with van der Waals surface area (Å²) >= 11 is 0. The van der Waals surface area contributed by atoms with Crippen molar-refractivity contribution < 1.29 is 31.5 Å². The van der Waals surface area contributed by atoms with E-state index in [9.17, 15) is 22.4 Å². The normalized spacial score (nSPS) is 15.2. The molecule has 3 heterocycles. The van der Waals surface area contributed by atoms with Crippen LogP contribution in [0, 0.1) is 11.6 Å². The number of hydrogen-bond donors (Lipinski definition) is 2. The molecule has 1 saturated heterocycles. The Hall–Kier alpha value is -3.80. The quantitative estimate of drug-likeness (QED) is 0.322. The van der Waals surface area contributed by atoms with Crippen LogP contribution in [0.5, 0.6) is 5.88 Å². The number of benzene rings is 1. The first-order valence-corrected chi connectivity index (χ1v) is 12.3. The van der Waals surface area contributed by atoms with Gasteiger partial charge in [0.1, 0.15) is 17.3 Å². The molecular weight excluding hydrogens is 521 g/mol. The van der Waals surface area contributed by atoms with E-state index in [2.05, 4.69) is 20.6 Å². The van der Waals surface area contributed by atoms with Crippen molar-refractivity contribution in [3.05, 3.63) is 71.6 Å². The van der Waals surface area contributed by atoms with E-state index in [-0.39, 0.29) is 49.1 Å². The molecule has 0 atom stereocenters. The third-order valence-electron chi connectivity index (χ3n) is 6.94. The molecule has 1 aliphatic rings. The van der Waals surface area contributed by atoms with Gasteiger partial charge in [0.15, 0.2) is 0 Å². The number of anilines is 1. The molecule has 1 fully saturated rings. The van der Waals surface area contributed by atoms with Crippen molar-refractivity contribution in [3.8, 4) is 17.1 Å². The molecule has 0 spiro atoms. The van der Waals surface area contributed by atoms with E-state index >= 15 is 4.39 Å². The van der Waals surface area contributed by atoms with Gasteiger partial charge in [-0.1, -0.05) is 0 Å². The highest BCUT2D eigenvalue weighted by Crippen LogP contribution is 2.40. The first-order valence-electron chi connectivity index (χ1n) is 12.3. The average Bonchev–Trinajstić information content (AvgIpc) is 2.92. The van der Waals surface area contributed by atoms with E-state index < -0.39 is 28.8 Å². The van der Waals surface area contributed by atoms with Crippen LogP contribution in [-0.4, -0.2) is 56.2 Å². The van der Waals surface area contributed by atoms with E-state index in [1.54, 1.807) is 24.1 Å². The third-order valence-corrected chi connectivity index (χ3v) is 6.94. The fourth-order valence-corrected chi connectivity index (χ4v) is 4.82. The zero-order valence-electron chi connectivity index (χ0n) is 21.4. The molecule has 2 N–H and O–H groups in total. The summed E-state index contributed by atoms with van der Waals surface area (Å²) in [5.41, 5.74) is -1.54. The van der Waals surface area contributed by atoms with Gasteiger partial charge in [-0.2, -0.15) is 13.2 Å². The molecule has 7 nitrogen and oxygen atoms in total. The number of piperidine rings is 1. The number of nitrogens with zero attached hydrogens (tertiary/aromatic N) is 3. The number of alkyl halides is 3. The fourth-order valence-electron chi connectivity index (χ4n) is 4.82. The van der Waals surface area contributed by atoms with Gasteiger partial charge in [0, 0.05) is 38.6 Å². The highest BCUT2D eigenvalue weighted by atomic mass is 19.4. The van der Waals surface area contributed by atoms with E-state index in [1.165, 1.54) is 25.6 Å². The highest BCUT2D eigenvalue weighted by molar-refractivity contribution is 5.89. The molecule has 208 valence electrons. The lowest BCUT2D eigenvalue weighted by atomic mass is 9.72. The zero-order chi connectivity index (χ0) is 28.2. The smallest absolute Gasteiger partial charge is 0.416 e. The molecule has 2 aromatic heterocycles. The van der Waals surface area contributed by atoms with Gasteiger partial charge in [0.05, 0.1) is 29.3 Å². The van der Waals surface area contributed by atoms with Crippen molar-refractivity contribution in [2.75, 3.05) is 45.2 Å². The third kappa shape index (κ3) is 5.80. The Morgan fingerprint density at radius 2 is 1.82 bits per heavy atom. The fraction of sp³-hybridized carbons (Fsp3) is 0.370. The molecule has 1 aromatic carbocycles. The Labute approximate surface area is 222 Å². The SMILES string of the molecule is CNCCNC(=O)C1(c2cnc(-c3cccnc3OC)c(F)c2)CCN(c2ccc(C(F)(F)F)cc2F)CC1. The molecular formula is C27H28F5N5O2. The van der Waals surface area contributed by atoms with Crippen molar-refractivity contribution in [1.82, 2.24) is 20.6 Å². The van der Waals surface area contributed by atoms with Crippen LogP contribution in [0.15, 0.2) is 48.8 Å². The van der Waals surface area contributed by atoms with Crippen LogP contribution >= 0.6 is 0 Å². The number of aromatic nitrogens is 2. The summed E-state index contributed by atoms with van der Waals surface area (Å²) in [6, 6.07) is 6.89. The van der Waals surface area contributed by atoms with Gasteiger partial charge >= 0.3 is 6.18 Å². The molecule has 1 aliphatic heterocycles. The molecule has 3 aromatic rings. The van der Waals surface area contributed by atoms with Gasteiger partial charge in [-0.15, -0.1) is 0 Å². The molecule has 12 heteroatoms. The zero-order valence-corrected chi connectivity index (χ0v) is 21.4. The first kappa shape index (κ1) is 28.2. The van der Waals surface area contributed by atoms with Gasteiger partial charge in [0.2, 0.25) is 11.8 Å². The van der Waals surface area contributed by atoms with Gasteiger partial charge in [0.25, 0.3) is 0 Å². The standard InChI is InChI=1S/C27H28F5N5O2/c1-33-10-11-35-25(38)26(18-15-21(29)23(36-16-18)19-4-3-9-34-24(19)39-2)7-12-37(13-8-26)22-6-5-17(14-20(22)28)27(30,31)32/h3-6,9,14-16,33H,7-8,10-13H2,1-2H3,(H,35,38). The largest absolute Gasteiger partial charge is 0.481 e. The molecule has 0 aliphatic carbocycles. The number of pyridine rings is 2. The van der Waals surface area contributed by atoms with Gasteiger partial charge < -0.3 is 20.3 Å². The lowest BCUT2D eigenvalue weighted by Gasteiger charge is -2.42. The molecule has 0 bridgehead atoms. The molecule has 0 saturated carbocycles. The van der Waals surface area contributed by atoms with Crippen molar-refractivity contribution >= 4 is 11.6 Å². The summed E-state index contributed by atoms with van der Waals surface area (Å²) in [5, 5.41) is 5.81. The number of carbonyl (C=O) groups is 1. The van der Waals surface area contributed by atoms with Crippen LogP contribution in [0.25, 0.3) is 11.3 Å². The Bertz CT molecular complexity index is 1330. The van der Waals surface area contributed by atoms with Crippen molar-refractivity contribution in [3.63, 3.8) is 0 Å². The van der Waals surface area contributed by atoms with Crippen molar-refractivity contribution in [2.24, 2.45) is 0 Å². The van der Waals surface area contributed by atoms with Gasteiger partial charge in [-0.05, 0) is 61.9 Å². The number of nitrogens with one attached hydrogen (secondary N) is 2. The Morgan fingerprint density at radius 3 is 2.44 bits per heavy atom. The second kappa shape index (κ2) is 11.5. The minimum Gasteiger partial charge on any atom is -0.481 e. The molecule has 39 heavy (non-hydrogen) atoms. The van der Waals surface area contributed by atoms with Gasteiger partial charge in [-0.3, -0.25) is 9.78 Å². The maximum atomic E-state index is 15.4. The van der Waals surface area contributed by atoms with Crippen LogP contribution in [0.2, 0.25) is 0 Å². The predicted octanol–water partition coefficient (Wildman–Crippen LogP) is 4.32. The summed E-state index contributed by atoms with van der Waals surface area (Å²) < 4.78 is 74.3.